The van der Waals surface area contributed by atoms with Gasteiger partial charge in [0.1, 0.15) is 23.9 Å². The third-order valence-electron chi connectivity index (χ3n) is 11.7. The average Bonchev–Trinajstić information content (AvgIpc) is 3.22. The molecule has 18 heteroatoms. The molecule has 18 atom stereocenters. The molecule has 0 amide bonds. The minimum atomic E-state index is -1.95. The van der Waals surface area contributed by atoms with E-state index in [2.05, 4.69) is 0 Å². The van der Waals surface area contributed by atoms with Gasteiger partial charge in [-0.05, 0) is 52.4 Å². The van der Waals surface area contributed by atoms with Crippen LogP contribution < -0.4 is 5.73 Å². The molecule has 2 heterocycles. The molecule has 0 spiro atoms. The number of aliphatic carboxylic acids is 1. The number of hydrogen-bond donors (Lipinski definition) is 12. The summed E-state index contributed by atoms with van der Waals surface area (Å²) in [4.78, 5) is 37.8. The molecule has 1 fully saturated rings. The molecule has 0 aromatic carbocycles. The van der Waals surface area contributed by atoms with Gasteiger partial charge in [0.05, 0.1) is 79.6 Å². The first-order valence-electron chi connectivity index (χ1n) is 22.4. The lowest BCUT2D eigenvalue weighted by Gasteiger charge is -2.41. The first-order chi connectivity index (χ1) is 30.6. The number of carbonyl (C=O) groups is 3. The Morgan fingerprint density at radius 1 is 0.615 bits per heavy atom. The van der Waals surface area contributed by atoms with Gasteiger partial charge in [-0.15, -0.1) is 0 Å². The normalized spacial score (nSPS) is 39.6. The van der Waals surface area contributed by atoms with Crippen molar-refractivity contribution in [2.75, 3.05) is 0 Å². The van der Waals surface area contributed by atoms with Crippen molar-refractivity contribution in [3.8, 4) is 0 Å². The monoisotopic (exact) mass is 926 g/mol. The van der Waals surface area contributed by atoms with E-state index in [1.54, 1.807) is 44.2 Å². The van der Waals surface area contributed by atoms with Crippen LogP contribution in [0, 0.1) is 17.8 Å². The smallest absolute Gasteiger partial charge is 0.311 e. The number of carboxylic acid groups (broad SMARTS) is 1. The fourth-order valence-corrected chi connectivity index (χ4v) is 7.45. The molecule has 2 aliphatic rings. The third-order valence-corrected chi connectivity index (χ3v) is 11.7. The zero-order valence-corrected chi connectivity index (χ0v) is 37.8. The van der Waals surface area contributed by atoms with E-state index in [0.29, 0.717) is 0 Å². The van der Waals surface area contributed by atoms with E-state index in [-0.39, 0.29) is 31.6 Å². The van der Waals surface area contributed by atoms with Gasteiger partial charge in [0.15, 0.2) is 6.29 Å². The number of ketones is 1. The van der Waals surface area contributed by atoms with Gasteiger partial charge < -0.3 is 76.1 Å². The van der Waals surface area contributed by atoms with E-state index >= 15 is 0 Å². The zero-order valence-electron chi connectivity index (χ0n) is 37.8. The maximum Gasteiger partial charge on any atom is 0.311 e. The summed E-state index contributed by atoms with van der Waals surface area (Å²) < 4.78 is 17.0. The minimum absolute atomic E-state index is 0.144. The molecule has 0 aromatic rings. The fourth-order valence-electron chi connectivity index (χ4n) is 7.45. The summed E-state index contributed by atoms with van der Waals surface area (Å²) in [5, 5.41) is 116. The maximum atomic E-state index is 12.9. The Labute approximate surface area is 381 Å². The number of Topliss-reactive ketones (excluding diaryl/α,β-unsaturated/α-hetero) is 1. The largest absolute Gasteiger partial charge is 0.481 e. The Bertz CT molecular complexity index is 1600. The molecule has 2 aliphatic heterocycles. The third kappa shape index (κ3) is 21.4. The number of rotatable bonds is 3. The van der Waals surface area contributed by atoms with E-state index in [9.17, 15) is 70.6 Å². The topological polar surface area (TPSA) is 327 Å². The highest BCUT2D eigenvalue weighted by Gasteiger charge is 2.43. The second-order valence-corrected chi connectivity index (χ2v) is 17.4. The highest BCUT2D eigenvalue weighted by molar-refractivity contribution is 5.81. The van der Waals surface area contributed by atoms with E-state index in [1.165, 1.54) is 13.0 Å². The Hall–Kier alpha value is -3.47. The van der Waals surface area contributed by atoms with Gasteiger partial charge in [-0.1, -0.05) is 86.8 Å². The number of ether oxygens (including phenoxy) is 3. The quantitative estimate of drug-likeness (QED) is 0.174. The fraction of sp³-hybridized carbons (Fsp3) is 0.681. The summed E-state index contributed by atoms with van der Waals surface area (Å²) in [6, 6.07) is -1.15. The van der Waals surface area contributed by atoms with Crippen molar-refractivity contribution in [1.29, 1.82) is 0 Å². The molecule has 0 unspecified atom stereocenters. The van der Waals surface area contributed by atoms with Crippen LogP contribution in [0.3, 0.4) is 0 Å². The summed E-state index contributed by atoms with van der Waals surface area (Å²) >= 11 is 0. The van der Waals surface area contributed by atoms with Gasteiger partial charge in [0.2, 0.25) is 0 Å². The second-order valence-electron chi connectivity index (χ2n) is 17.4. The summed E-state index contributed by atoms with van der Waals surface area (Å²) in [7, 11) is 0. The van der Waals surface area contributed by atoms with Crippen LogP contribution in [0.15, 0.2) is 72.9 Å². The minimum Gasteiger partial charge on any atom is -0.481 e. The van der Waals surface area contributed by atoms with Gasteiger partial charge in [0.25, 0.3) is 0 Å². The molecule has 0 radical (unpaired) electrons. The van der Waals surface area contributed by atoms with Gasteiger partial charge in [0, 0.05) is 31.1 Å². The summed E-state index contributed by atoms with van der Waals surface area (Å²) in [6.07, 6.45) is 0.848. The number of carboxylic acids is 1. The molecular weight excluding hydrogens is 851 g/mol. The molecule has 1 saturated heterocycles. The van der Waals surface area contributed by atoms with Crippen molar-refractivity contribution in [1.82, 2.24) is 0 Å². The van der Waals surface area contributed by atoms with Crippen LogP contribution in [0.2, 0.25) is 0 Å². The standard InChI is InChI=1S/C47H75NO17/c1-27-17-15-13-11-9-7-5-6-8-10-12-14-16-18-35(65-47-45(60)42(48)44(59)30(4)64-47)26-39(56)41(46(61)62)38(55)24-34(52)23-37(54)36(53)20-19-31(49)21-32(50)22-33(51)25-40(57)63-29(3)28(2)43(27)58/h5-6,8,10-18,27-33,35-39,41-45,47,49-51,53-56,58-60H,7,9,19-26,48H2,1-4H3,(H,61,62)/t27-,28+,29-,30-,31+,32+,33+,35+,36-,37+,38-,39+,41-,42+,43+,44+,45+,47+/m1/s1. The predicted molar refractivity (Wildman–Crippen MR) is 238 cm³/mol. The second kappa shape index (κ2) is 30.0. The first kappa shape index (κ1) is 57.7. The van der Waals surface area contributed by atoms with E-state index in [4.69, 9.17) is 19.9 Å². The number of carbonyl (C=O) groups excluding carboxylic acids is 2. The first-order valence-corrected chi connectivity index (χ1v) is 22.4. The molecular formula is C47H75NO17. The number of esters is 1. The maximum absolute atomic E-state index is 12.9. The number of cyclic esters (lactones) is 1. The number of nitrogens with two attached hydrogens (primary N) is 1. The van der Waals surface area contributed by atoms with Crippen LogP contribution in [0.25, 0.3) is 0 Å². The molecule has 0 saturated carbocycles. The van der Waals surface area contributed by atoms with Crippen molar-refractivity contribution < 1.29 is 84.8 Å². The van der Waals surface area contributed by atoms with E-state index in [0.717, 1.165) is 12.8 Å². The Morgan fingerprint density at radius 3 is 1.83 bits per heavy atom. The average molecular weight is 926 g/mol. The molecule has 13 N–H and O–H groups in total. The zero-order chi connectivity index (χ0) is 48.8. The highest BCUT2D eigenvalue weighted by atomic mass is 16.7. The lowest BCUT2D eigenvalue weighted by molar-refractivity contribution is -0.277. The highest BCUT2D eigenvalue weighted by Crippen LogP contribution is 2.26. The number of hydrogen-bond acceptors (Lipinski definition) is 17. The molecule has 0 aliphatic carbocycles. The lowest BCUT2D eigenvalue weighted by atomic mass is 9.88. The molecule has 0 bridgehead atoms. The molecule has 0 aromatic heterocycles. The Balaban J connectivity index is 2.26. The van der Waals surface area contributed by atoms with Crippen molar-refractivity contribution in [2.45, 2.75) is 184 Å². The van der Waals surface area contributed by atoms with Crippen LogP contribution >= 0.6 is 0 Å². The van der Waals surface area contributed by atoms with Crippen LogP contribution in [-0.4, -0.2) is 166 Å². The molecule has 2 rings (SSSR count). The Morgan fingerprint density at radius 2 is 1.18 bits per heavy atom. The number of aliphatic hydroxyl groups is 10. The van der Waals surface area contributed by atoms with E-state index in [1.807, 2.05) is 43.4 Å². The summed E-state index contributed by atoms with van der Waals surface area (Å²) in [6.45, 7) is 6.73. The van der Waals surface area contributed by atoms with Gasteiger partial charge in [-0.2, -0.15) is 0 Å². The summed E-state index contributed by atoms with van der Waals surface area (Å²) in [5.74, 6) is -5.88. The van der Waals surface area contributed by atoms with Gasteiger partial charge in [-0.25, -0.2) is 0 Å². The number of aliphatic hydroxyl groups excluding tert-OH is 10. The Kier molecular flexibility index (Phi) is 26.6. The van der Waals surface area contributed by atoms with Gasteiger partial charge >= 0.3 is 11.9 Å². The van der Waals surface area contributed by atoms with Crippen LogP contribution in [0.1, 0.15) is 91.9 Å². The van der Waals surface area contributed by atoms with Crippen molar-refractivity contribution in [3.63, 3.8) is 0 Å². The van der Waals surface area contributed by atoms with E-state index < -0.39 is 147 Å². The van der Waals surface area contributed by atoms with Crippen LogP contribution in [-0.2, 0) is 28.6 Å². The molecule has 370 valence electrons. The lowest BCUT2D eigenvalue weighted by Crippen LogP contribution is -2.61. The van der Waals surface area contributed by atoms with Crippen molar-refractivity contribution in [2.24, 2.45) is 23.5 Å². The number of allylic oxidation sites excluding steroid dienone is 10. The summed E-state index contributed by atoms with van der Waals surface area (Å²) in [5.41, 5.74) is 5.96. The SMILES string of the molecule is C[C@@H]1[C@@H](O)[C@H](C)C=CC=CCCC=CC=CC=CC=C[C@H](O[C@@H]2O[C@H](C)[C@H](O)[C@H](N)[C@@H]2O)C[C@H](O)[C@H](C(=O)O)[C@H](O)CC(=O)C[C@H](O)[C@H](O)CC[C@H](O)C[C@H](O)C[C@H](O)CC(=O)O[C@@H]1C. The molecule has 18 nitrogen and oxygen atoms in total. The predicted octanol–water partition coefficient (Wildman–Crippen LogP) is 0.778. The van der Waals surface area contributed by atoms with Crippen molar-refractivity contribution in [3.05, 3.63) is 72.9 Å². The van der Waals surface area contributed by atoms with Gasteiger partial charge in [-0.3, -0.25) is 14.4 Å². The van der Waals surface area contributed by atoms with Crippen molar-refractivity contribution >= 4 is 17.7 Å². The molecule has 65 heavy (non-hydrogen) atoms. The van der Waals surface area contributed by atoms with Crippen LogP contribution in [0.4, 0.5) is 0 Å². The van der Waals surface area contributed by atoms with Crippen LogP contribution in [0.5, 0.6) is 0 Å².